The van der Waals surface area contributed by atoms with Gasteiger partial charge in [-0.2, -0.15) is 0 Å². The predicted molar refractivity (Wildman–Crippen MR) is 145 cm³/mol. The van der Waals surface area contributed by atoms with Gasteiger partial charge in [0.1, 0.15) is 11.6 Å². The molecule has 0 unspecified atom stereocenters. The van der Waals surface area contributed by atoms with Crippen LogP contribution in [-0.4, -0.2) is 39.5 Å². The van der Waals surface area contributed by atoms with Crippen molar-refractivity contribution in [2.24, 2.45) is 0 Å². The molecule has 1 fully saturated rings. The van der Waals surface area contributed by atoms with Crippen molar-refractivity contribution in [2.45, 2.75) is 56.8 Å². The number of nitro benzene ring substituents is 1. The Labute approximate surface area is 224 Å². The van der Waals surface area contributed by atoms with Crippen LogP contribution in [0.1, 0.15) is 56.5 Å². The molecule has 1 saturated carbocycles. The average Bonchev–Trinajstić information content (AvgIpc) is 3.56. The molecule has 0 spiro atoms. The second-order valence-electron chi connectivity index (χ2n) is 9.52. The van der Waals surface area contributed by atoms with E-state index in [0.717, 1.165) is 50.1 Å². The first-order valence-electron chi connectivity index (χ1n) is 12.7. The van der Waals surface area contributed by atoms with Gasteiger partial charge in [0, 0.05) is 23.7 Å². The van der Waals surface area contributed by atoms with Crippen LogP contribution >= 0.6 is 0 Å². The second-order valence-corrected chi connectivity index (χ2v) is 11.2. The van der Waals surface area contributed by atoms with E-state index in [0.29, 0.717) is 29.1 Å². The minimum Gasteiger partial charge on any atom is -0.493 e. The Morgan fingerprint density at radius 2 is 1.90 bits per heavy atom. The van der Waals surface area contributed by atoms with Crippen LogP contribution < -0.4 is 15.0 Å². The van der Waals surface area contributed by atoms with Crippen LogP contribution in [-0.2, 0) is 10.0 Å². The maximum absolute atomic E-state index is 13.2. The van der Waals surface area contributed by atoms with Gasteiger partial charge in [-0.25, -0.2) is 17.9 Å². The first-order chi connectivity index (χ1) is 18.7. The van der Waals surface area contributed by atoms with Crippen molar-refractivity contribution in [3.63, 3.8) is 0 Å². The van der Waals surface area contributed by atoms with Gasteiger partial charge in [0.15, 0.2) is 11.3 Å². The molecule has 0 saturated heterocycles. The molecule has 2 heterocycles. The molecular formula is C26H28N6O6S. The average molecular weight is 553 g/mol. The third kappa shape index (κ3) is 5.21. The summed E-state index contributed by atoms with van der Waals surface area (Å²) in [6.07, 6.45) is 4.89. The standard InChI is InChI=1S/C26H28N6O6S/c1-3-14-38-22-13-8-18(30-39(36,37)20-11-9-19(10-12-20)32(34)35)15-21(22)24-28-26(33)23-16(2)27-25(31(23)29-24)17-6-4-5-7-17/h8-13,15,17,30H,3-7,14H2,1-2H3,(H,28,29,33). The summed E-state index contributed by atoms with van der Waals surface area (Å²) in [6.45, 7) is 4.15. The maximum atomic E-state index is 13.2. The van der Waals surface area contributed by atoms with E-state index < -0.39 is 14.9 Å². The molecule has 2 aromatic carbocycles. The highest BCUT2D eigenvalue weighted by molar-refractivity contribution is 7.92. The second kappa shape index (κ2) is 10.5. The number of aryl methyl sites for hydroxylation is 1. The number of aromatic nitrogens is 4. The number of fused-ring (bicyclic) bond motifs is 1. The van der Waals surface area contributed by atoms with E-state index in [1.807, 2.05) is 6.92 Å². The minimum atomic E-state index is -4.06. The molecule has 39 heavy (non-hydrogen) atoms. The van der Waals surface area contributed by atoms with Crippen molar-refractivity contribution >= 4 is 26.9 Å². The first-order valence-corrected chi connectivity index (χ1v) is 14.2. The lowest BCUT2D eigenvalue weighted by Crippen LogP contribution is -2.17. The van der Waals surface area contributed by atoms with Gasteiger partial charge in [0.05, 0.1) is 27.7 Å². The van der Waals surface area contributed by atoms with E-state index in [9.17, 15) is 23.3 Å². The number of imidazole rings is 1. The Morgan fingerprint density at radius 3 is 2.56 bits per heavy atom. The number of anilines is 1. The molecule has 13 heteroatoms. The smallest absolute Gasteiger partial charge is 0.277 e. The summed E-state index contributed by atoms with van der Waals surface area (Å²) in [6, 6.07) is 9.27. The van der Waals surface area contributed by atoms with Crippen molar-refractivity contribution in [3.05, 3.63) is 74.5 Å². The van der Waals surface area contributed by atoms with E-state index in [1.165, 1.54) is 18.2 Å². The number of sulfonamides is 1. The van der Waals surface area contributed by atoms with E-state index in [-0.39, 0.29) is 33.6 Å². The highest BCUT2D eigenvalue weighted by atomic mass is 32.2. The quantitative estimate of drug-likeness (QED) is 0.226. The van der Waals surface area contributed by atoms with Gasteiger partial charge in [-0.1, -0.05) is 19.8 Å². The third-order valence-electron chi connectivity index (χ3n) is 6.73. The monoisotopic (exact) mass is 552 g/mol. The van der Waals surface area contributed by atoms with Gasteiger partial charge >= 0.3 is 0 Å². The van der Waals surface area contributed by atoms with Gasteiger partial charge < -0.3 is 9.72 Å². The summed E-state index contributed by atoms with van der Waals surface area (Å²) in [7, 11) is -4.06. The highest BCUT2D eigenvalue weighted by Crippen LogP contribution is 2.35. The minimum absolute atomic E-state index is 0.135. The number of H-pyrrole nitrogens is 1. The lowest BCUT2D eigenvalue weighted by Gasteiger charge is -2.14. The van der Waals surface area contributed by atoms with Crippen LogP contribution in [0.25, 0.3) is 16.9 Å². The number of hydrogen-bond acceptors (Lipinski definition) is 8. The van der Waals surface area contributed by atoms with Crippen LogP contribution in [0.15, 0.2) is 52.2 Å². The molecule has 2 aromatic heterocycles. The molecule has 1 aliphatic rings. The Hall–Kier alpha value is -4.26. The number of nitrogens with zero attached hydrogens (tertiary/aromatic N) is 4. The Balaban J connectivity index is 1.57. The van der Waals surface area contributed by atoms with Crippen molar-refractivity contribution < 1.29 is 18.1 Å². The fourth-order valence-electron chi connectivity index (χ4n) is 4.84. The summed E-state index contributed by atoms with van der Waals surface area (Å²) >= 11 is 0. The Bertz CT molecular complexity index is 1710. The van der Waals surface area contributed by atoms with Crippen molar-refractivity contribution in [1.82, 2.24) is 19.6 Å². The van der Waals surface area contributed by atoms with Crippen LogP contribution in [0.5, 0.6) is 5.75 Å². The summed E-state index contributed by atoms with van der Waals surface area (Å²) in [5, 5.41) is 15.7. The molecule has 5 rings (SSSR count). The molecule has 1 aliphatic carbocycles. The van der Waals surface area contributed by atoms with Crippen LogP contribution in [0.2, 0.25) is 0 Å². The molecule has 0 bridgehead atoms. The number of aromatic amines is 1. The van der Waals surface area contributed by atoms with Gasteiger partial charge in [-0.05, 0) is 56.5 Å². The summed E-state index contributed by atoms with van der Waals surface area (Å²) in [5.41, 5.74) is 1.01. The number of nitro groups is 1. The van der Waals surface area contributed by atoms with Gasteiger partial charge in [-0.3, -0.25) is 19.6 Å². The molecule has 2 N–H and O–H groups in total. The number of benzene rings is 2. The molecular weight excluding hydrogens is 524 g/mol. The molecule has 4 aromatic rings. The predicted octanol–water partition coefficient (Wildman–Crippen LogP) is 4.55. The number of hydrogen-bond donors (Lipinski definition) is 2. The van der Waals surface area contributed by atoms with E-state index in [4.69, 9.17) is 9.84 Å². The number of rotatable bonds is 9. The maximum Gasteiger partial charge on any atom is 0.277 e. The van der Waals surface area contributed by atoms with Crippen LogP contribution in [0.3, 0.4) is 0 Å². The van der Waals surface area contributed by atoms with E-state index in [2.05, 4.69) is 14.7 Å². The van der Waals surface area contributed by atoms with Crippen LogP contribution in [0.4, 0.5) is 11.4 Å². The Kier molecular flexibility index (Phi) is 7.08. The molecule has 0 atom stereocenters. The lowest BCUT2D eigenvalue weighted by atomic mass is 10.1. The zero-order valence-electron chi connectivity index (χ0n) is 21.5. The third-order valence-corrected chi connectivity index (χ3v) is 8.12. The summed E-state index contributed by atoms with van der Waals surface area (Å²) < 4.78 is 36.0. The van der Waals surface area contributed by atoms with E-state index >= 15 is 0 Å². The summed E-state index contributed by atoms with van der Waals surface area (Å²) in [5.74, 6) is 1.60. The largest absolute Gasteiger partial charge is 0.493 e. The fraction of sp³-hybridized carbons (Fsp3) is 0.346. The van der Waals surface area contributed by atoms with Crippen LogP contribution in [0, 0.1) is 17.0 Å². The first kappa shape index (κ1) is 26.4. The van der Waals surface area contributed by atoms with Gasteiger partial charge in [0.2, 0.25) is 0 Å². The summed E-state index contributed by atoms with van der Waals surface area (Å²) in [4.78, 5) is 30.8. The molecule has 0 radical (unpaired) electrons. The zero-order chi connectivity index (χ0) is 27.7. The topological polar surface area (TPSA) is 162 Å². The molecule has 0 amide bonds. The molecule has 12 nitrogen and oxygen atoms in total. The SMILES string of the molecule is CCCOc1ccc(NS(=O)(=O)c2ccc([N+](=O)[O-])cc2)cc1-c1nn2c(C3CCCC3)nc(C)c2c(=O)[nH]1. The molecule has 0 aliphatic heterocycles. The zero-order valence-corrected chi connectivity index (χ0v) is 22.3. The number of non-ortho nitro benzene ring substituents is 1. The van der Waals surface area contributed by atoms with Crippen molar-refractivity contribution in [1.29, 1.82) is 0 Å². The normalized spacial score (nSPS) is 14.1. The van der Waals surface area contributed by atoms with Gasteiger partial charge in [0.25, 0.3) is 21.3 Å². The Morgan fingerprint density at radius 1 is 1.18 bits per heavy atom. The lowest BCUT2D eigenvalue weighted by molar-refractivity contribution is -0.384. The van der Waals surface area contributed by atoms with Gasteiger partial charge in [-0.15, -0.1) is 5.10 Å². The highest BCUT2D eigenvalue weighted by Gasteiger charge is 2.26. The number of nitrogens with one attached hydrogen (secondary N) is 2. The van der Waals surface area contributed by atoms with E-state index in [1.54, 1.807) is 23.6 Å². The number of ether oxygens (including phenoxy) is 1. The molecule has 204 valence electrons. The van der Waals surface area contributed by atoms with Crippen molar-refractivity contribution in [2.75, 3.05) is 11.3 Å². The van der Waals surface area contributed by atoms with Crippen molar-refractivity contribution in [3.8, 4) is 17.1 Å². The fourth-order valence-corrected chi connectivity index (χ4v) is 5.89.